The Morgan fingerprint density at radius 1 is 1.21 bits per heavy atom. The fourth-order valence-electron chi connectivity index (χ4n) is 3.20. The minimum atomic E-state index is -0.788. The Bertz CT molecular complexity index is 526. The number of carboxylic acids is 1. The van der Waals surface area contributed by atoms with Crippen LogP contribution in [-0.2, 0) is 11.2 Å². The van der Waals surface area contributed by atoms with E-state index in [4.69, 9.17) is 5.11 Å². The van der Waals surface area contributed by atoms with Gasteiger partial charge in [0, 0.05) is 18.2 Å². The van der Waals surface area contributed by atoms with Gasteiger partial charge in [-0.05, 0) is 37.3 Å². The van der Waals surface area contributed by atoms with E-state index in [-0.39, 0.29) is 11.9 Å². The number of hydrogen-bond donors (Lipinski definition) is 1. The number of benzene rings is 1. The molecule has 19 heavy (non-hydrogen) atoms. The van der Waals surface area contributed by atoms with Gasteiger partial charge in [0.1, 0.15) is 0 Å². The van der Waals surface area contributed by atoms with Gasteiger partial charge in [-0.3, -0.25) is 9.59 Å². The van der Waals surface area contributed by atoms with Crippen LogP contribution in [0.15, 0.2) is 24.3 Å². The van der Waals surface area contributed by atoms with E-state index in [0.29, 0.717) is 13.0 Å². The van der Waals surface area contributed by atoms with Crippen LogP contribution in [0.5, 0.6) is 0 Å². The zero-order chi connectivity index (χ0) is 13.4. The molecule has 100 valence electrons. The topological polar surface area (TPSA) is 57.6 Å². The summed E-state index contributed by atoms with van der Waals surface area (Å²) in [6.45, 7) is 0.354. The maximum atomic E-state index is 12.6. The summed E-state index contributed by atoms with van der Waals surface area (Å²) < 4.78 is 0. The van der Waals surface area contributed by atoms with Gasteiger partial charge in [-0.2, -0.15) is 0 Å². The van der Waals surface area contributed by atoms with E-state index in [0.717, 1.165) is 30.4 Å². The summed E-state index contributed by atoms with van der Waals surface area (Å²) in [4.78, 5) is 25.5. The van der Waals surface area contributed by atoms with Crippen molar-refractivity contribution in [2.24, 2.45) is 5.92 Å². The highest BCUT2D eigenvalue weighted by Crippen LogP contribution is 2.30. The number of amides is 1. The molecule has 3 rings (SSSR count). The molecule has 1 aromatic carbocycles. The van der Waals surface area contributed by atoms with Gasteiger partial charge in [0.2, 0.25) is 0 Å². The van der Waals surface area contributed by atoms with E-state index in [1.54, 1.807) is 4.90 Å². The first-order chi connectivity index (χ1) is 9.16. The zero-order valence-corrected chi connectivity index (χ0v) is 10.7. The molecule has 1 fully saturated rings. The van der Waals surface area contributed by atoms with Crippen LogP contribution in [-0.4, -0.2) is 34.5 Å². The van der Waals surface area contributed by atoms with Gasteiger partial charge in [0.25, 0.3) is 5.91 Å². The van der Waals surface area contributed by atoms with Crippen molar-refractivity contribution in [2.75, 3.05) is 6.54 Å². The average molecular weight is 259 g/mol. The summed E-state index contributed by atoms with van der Waals surface area (Å²) in [5.74, 6) is -1.20. The molecule has 1 amide bonds. The lowest BCUT2D eigenvalue weighted by Gasteiger charge is -2.37. The van der Waals surface area contributed by atoms with E-state index >= 15 is 0 Å². The highest BCUT2D eigenvalue weighted by Gasteiger charge is 2.37. The Kier molecular flexibility index (Phi) is 3.01. The van der Waals surface area contributed by atoms with Gasteiger partial charge >= 0.3 is 5.97 Å². The van der Waals surface area contributed by atoms with E-state index in [9.17, 15) is 9.59 Å². The molecule has 1 saturated heterocycles. The molecule has 4 heteroatoms. The SMILES string of the molecule is O=C(O)C1CC[C@H]2CCc3ccccc3C(=O)N2C1. The van der Waals surface area contributed by atoms with Crippen LogP contribution in [0.1, 0.15) is 35.2 Å². The molecule has 2 aliphatic heterocycles. The Hall–Kier alpha value is -1.84. The van der Waals surface area contributed by atoms with E-state index in [2.05, 4.69) is 0 Å². The molecule has 0 aromatic heterocycles. The summed E-state index contributed by atoms with van der Waals surface area (Å²) in [6, 6.07) is 7.88. The van der Waals surface area contributed by atoms with Crippen molar-refractivity contribution in [3.05, 3.63) is 35.4 Å². The first-order valence-corrected chi connectivity index (χ1v) is 6.78. The largest absolute Gasteiger partial charge is 0.481 e. The van der Waals surface area contributed by atoms with Crippen LogP contribution < -0.4 is 0 Å². The Labute approximate surface area is 112 Å². The van der Waals surface area contributed by atoms with Gasteiger partial charge in [0.05, 0.1) is 5.92 Å². The molecule has 2 aliphatic rings. The summed E-state index contributed by atoms with van der Waals surface area (Å²) in [7, 11) is 0. The van der Waals surface area contributed by atoms with Crippen molar-refractivity contribution >= 4 is 11.9 Å². The number of carbonyl (C=O) groups is 2. The Morgan fingerprint density at radius 3 is 2.79 bits per heavy atom. The molecule has 0 radical (unpaired) electrons. The molecule has 1 aromatic rings. The monoisotopic (exact) mass is 259 g/mol. The van der Waals surface area contributed by atoms with E-state index < -0.39 is 11.9 Å². The summed E-state index contributed by atoms with van der Waals surface area (Å²) in [6.07, 6.45) is 3.33. The molecule has 0 aliphatic carbocycles. The fraction of sp³-hybridized carbons (Fsp3) is 0.467. The molecule has 2 heterocycles. The average Bonchev–Trinajstić information content (AvgIpc) is 2.57. The van der Waals surface area contributed by atoms with Gasteiger partial charge in [-0.15, -0.1) is 0 Å². The number of hydrogen-bond acceptors (Lipinski definition) is 2. The molecule has 1 N–H and O–H groups in total. The van der Waals surface area contributed by atoms with Crippen molar-refractivity contribution in [3.63, 3.8) is 0 Å². The van der Waals surface area contributed by atoms with Crippen LogP contribution in [0.3, 0.4) is 0 Å². The highest BCUT2D eigenvalue weighted by atomic mass is 16.4. The number of fused-ring (bicyclic) bond motifs is 2. The van der Waals surface area contributed by atoms with Gasteiger partial charge < -0.3 is 10.0 Å². The Morgan fingerprint density at radius 2 is 2.00 bits per heavy atom. The summed E-state index contributed by atoms with van der Waals surface area (Å²) in [5.41, 5.74) is 1.84. The third-order valence-corrected chi connectivity index (χ3v) is 4.31. The normalized spacial score (nSPS) is 26.3. The third kappa shape index (κ3) is 2.11. The predicted octanol–water partition coefficient (Wildman–Crippen LogP) is 1.94. The van der Waals surface area contributed by atoms with Crippen molar-refractivity contribution in [2.45, 2.75) is 31.7 Å². The fourth-order valence-corrected chi connectivity index (χ4v) is 3.20. The van der Waals surface area contributed by atoms with Gasteiger partial charge in [0.15, 0.2) is 0 Å². The lowest BCUT2D eigenvalue weighted by atomic mass is 9.91. The molecule has 4 nitrogen and oxygen atoms in total. The first kappa shape index (κ1) is 12.2. The van der Waals surface area contributed by atoms with Crippen LogP contribution in [0, 0.1) is 5.92 Å². The highest BCUT2D eigenvalue weighted by molar-refractivity contribution is 5.96. The third-order valence-electron chi connectivity index (χ3n) is 4.31. The first-order valence-electron chi connectivity index (χ1n) is 6.78. The Balaban J connectivity index is 1.92. The van der Waals surface area contributed by atoms with Crippen molar-refractivity contribution in [1.29, 1.82) is 0 Å². The maximum Gasteiger partial charge on any atom is 0.308 e. The molecular weight excluding hydrogens is 242 g/mol. The number of rotatable bonds is 1. The maximum absolute atomic E-state index is 12.6. The van der Waals surface area contributed by atoms with Crippen LogP contribution in [0.25, 0.3) is 0 Å². The molecule has 2 atom stereocenters. The number of aliphatic carboxylic acids is 1. The molecule has 0 saturated carbocycles. The summed E-state index contributed by atoms with van der Waals surface area (Å²) in [5, 5.41) is 9.14. The number of nitrogens with zero attached hydrogens (tertiary/aromatic N) is 1. The number of carbonyl (C=O) groups excluding carboxylic acids is 1. The number of piperidine rings is 1. The van der Waals surface area contributed by atoms with E-state index in [1.807, 2.05) is 24.3 Å². The molecule has 0 bridgehead atoms. The standard InChI is InChI=1S/C15H17NO3/c17-14-13-4-2-1-3-10(13)5-7-12-8-6-11(15(18)19)9-16(12)14/h1-4,11-12H,5-9H2,(H,18,19)/t11?,12-/m1/s1. The minimum Gasteiger partial charge on any atom is -0.481 e. The smallest absolute Gasteiger partial charge is 0.308 e. The molecule has 1 unspecified atom stereocenters. The number of carboxylic acid groups (broad SMARTS) is 1. The quantitative estimate of drug-likeness (QED) is 0.838. The van der Waals surface area contributed by atoms with Gasteiger partial charge in [-0.1, -0.05) is 18.2 Å². The molecule has 0 spiro atoms. The van der Waals surface area contributed by atoms with Crippen molar-refractivity contribution < 1.29 is 14.7 Å². The van der Waals surface area contributed by atoms with Crippen molar-refractivity contribution in [1.82, 2.24) is 4.90 Å². The minimum absolute atomic E-state index is 0.00375. The van der Waals surface area contributed by atoms with Crippen LogP contribution >= 0.6 is 0 Å². The predicted molar refractivity (Wildman–Crippen MR) is 69.9 cm³/mol. The van der Waals surface area contributed by atoms with Crippen molar-refractivity contribution in [3.8, 4) is 0 Å². The lowest BCUT2D eigenvalue weighted by Crippen LogP contribution is -2.47. The second kappa shape index (κ2) is 4.68. The van der Waals surface area contributed by atoms with Gasteiger partial charge in [-0.25, -0.2) is 0 Å². The van der Waals surface area contributed by atoms with E-state index in [1.165, 1.54) is 0 Å². The zero-order valence-electron chi connectivity index (χ0n) is 10.7. The lowest BCUT2D eigenvalue weighted by molar-refractivity contribution is -0.143. The number of aryl methyl sites for hydroxylation is 1. The second-order valence-electron chi connectivity index (χ2n) is 5.42. The second-order valence-corrected chi connectivity index (χ2v) is 5.42. The summed E-state index contributed by atoms with van der Waals surface area (Å²) >= 11 is 0. The van der Waals surface area contributed by atoms with Crippen LogP contribution in [0.4, 0.5) is 0 Å². The molecular formula is C15H17NO3. The van der Waals surface area contributed by atoms with Crippen LogP contribution in [0.2, 0.25) is 0 Å².